The van der Waals surface area contributed by atoms with Gasteiger partial charge in [0.15, 0.2) is 0 Å². The molecule has 0 aliphatic rings. The average Bonchev–Trinajstić information content (AvgIpc) is 3.05. The number of rotatable bonds is 8. The third kappa shape index (κ3) is 7.18. The van der Waals surface area contributed by atoms with Crippen LogP contribution in [0.15, 0.2) is 133 Å². The summed E-state index contributed by atoms with van der Waals surface area (Å²) in [4.78, 5) is 51.3. The maximum Gasteiger partial charge on any atom is 0.272 e. The number of nitrogens with zero attached hydrogens (tertiary/aromatic N) is 1. The molecule has 0 aromatic heterocycles. The number of carbonyl (C=O) groups excluding carboxylic acids is 4. The molecule has 0 aliphatic carbocycles. The molecule has 0 saturated carbocycles. The van der Waals surface area contributed by atoms with Crippen LogP contribution in [-0.4, -0.2) is 23.6 Å². The van der Waals surface area contributed by atoms with Gasteiger partial charge in [0.25, 0.3) is 23.6 Å². The number of nitrogens with one attached hydrogen (secondary N) is 3. The number of hydrogen-bond acceptors (Lipinski definition) is 5. The molecule has 0 fully saturated rings. The van der Waals surface area contributed by atoms with E-state index in [4.69, 9.17) is 5.84 Å². The monoisotopic (exact) mass is 569 g/mol. The van der Waals surface area contributed by atoms with Crippen LogP contribution in [0.3, 0.4) is 0 Å². The van der Waals surface area contributed by atoms with Gasteiger partial charge in [-0.05, 0) is 78.9 Å². The van der Waals surface area contributed by atoms with E-state index in [1.54, 1.807) is 121 Å². The number of benzene rings is 5. The lowest BCUT2D eigenvalue weighted by molar-refractivity contribution is 0.0983. The maximum absolute atomic E-state index is 13.1. The fourth-order valence-corrected chi connectivity index (χ4v) is 4.25. The second kappa shape index (κ2) is 13.1. The van der Waals surface area contributed by atoms with E-state index in [0.717, 1.165) is 5.01 Å². The Bertz CT molecular complexity index is 1790. The van der Waals surface area contributed by atoms with Gasteiger partial charge in [-0.1, -0.05) is 54.6 Å². The van der Waals surface area contributed by atoms with Crippen molar-refractivity contribution in [2.45, 2.75) is 0 Å². The molecule has 0 heterocycles. The van der Waals surface area contributed by atoms with Crippen molar-refractivity contribution in [2.24, 2.45) is 5.84 Å². The van der Waals surface area contributed by atoms with E-state index >= 15 is 0 Å². The van der Waals surface area contributed by atoms with Crippen molar-refractivity contribution in [1.82, 2.24) is 0 Å². The minimum Gasteiger partial charge on any atom is -0.322 e. The molecule has 5 rings (SSSR count). The van der Waals surface area contributed by atoms with Crippen molar-refractivity contribution in [3.63, 3.8) is 0 Å². The predicted octanol–water partition coefficient (Wildman–Crippen LogP) is 5.96. The summed E-state index contributed by atoms with van der Waals surface area (Å²) in [6.45, 7) is 0. The molecule has 0 aliphatic heterocycles. The highest BCUT2D eigenvalue weighted by Gasteiger charge is 2.16. The number of amides is 4. The lowest BCUT2D eigenvalue weighted by Gasteiger charge is -2.18. The van der Waals surface area contributed by atoms with Gasteiger partial charge in [-0.2, -0.15) is 0 Å². The highest BCUT2D eigenvalue weighted by Crippen LogP contribution is 2.21. The lowest BCUT2D eigenvalue weighted by Crippen LogP contribution is -2.37. The molecular formula is C34H27N5O4. The zero-order valence-corrected chi connectivity index (χ0v) is 22.9. The van der Waals surface area contributed by atoms with Crippen molar-refractivity contribution in [2.75, 3.05) is 21.0 Å². The molecule has 0 saturated heterocycles. The summed E-state index contributed by atoms with van der Waals surface area (Å²) in [6.07, 6.45) is 0. The molecular weight excluding hydrogens is 542 g/mol. The van der Waals surface area contributed by atoms with Gasteiger partial charge in [0.2, 0.25) is 0 Å². The minimum absolute atomic E-state index is 0.256. The molecule has 5 N–H and O–H groups in total. The fraction of sp³-hybridized carbons (Fsp3) is 0. The second-order valence-electron chi connectivity index (χ2n) is 9.48. The van der Waals surface area contributed by atoms with Gasteiger partial charge in [0.05, 0.1) is 5.69 Å². The van der Waals surface area contributed by atoms with Crippen molar-refractivity contribution in [3.05, 3.63) is 156 Å². The minimum atomic E-state index is -0.449. The first-order valence-electron chi connectivity index (χ1n) is 13.3. The Morgan fingerprint density at radius 1 is 0.442 bits per heavy atom. The lowest BCUT2D eigenvalue weighted by atomic mass is 10.1. The van der Waals surface area contributed by atoms with Crippen molar-refractivity contribution in [3.8, 4) is 0 Å². The topological polar surface area (TPSA) is 134 Å². The van der Waals surface area contributed by atoms with E-state index in [9.17, 15) is 19.2 Å². The molecule has 5 aromatic carbocycles. The average molecular weight is 570 g/mol. The molecule has 5 aromatic rings. The summed E-state index contributed by atoms with van der Waals surface area (Å²) in [5.74, 6) is 4.52. The summed E-state index contributed by atoms with van der Waals surface area (Å²) >= 11 is 0. The van der Waals surface area contributed by atoms with Gasteiger partial charge in [-0.15, -0.1) is 0 Å². The quantitative estimate of drug-likeness (QED) is 0.104. The Morgan fingerprint density at radius 2 is 0.860 bits per heavy atom. The van der Waals surface area contributed by atoms with Gasteiger partial charge in [0, 0.05) is 39.3 Å². The van der Waals surface area contributed by atoms with Crippen LogP contribution in [0.4, 0.5) is 22.7 Å². The van der Waals surface area contributed by atoms with Crippen LogP contribution in [0.1, 0.15) is 41.4 Å². The van der Waals surface area contributed by atoms with Gasteiger partial charge >= 0.3 is 0 Å². The summed E-state index contributed by atoms with van der Waals surface area (Å²) < 4.78 is 0. The Hall–Kier alpha value is -6.06. The number of carbonyl (C=O) groups is 4. The Kier molecular flexibility index (Phi) is 8.65. The van der Waals surface area contributed by atoms with Crippen molar-refractivity contribution < 1.29 is 19.2 Å². The van der Waals surface area contributed by atoms with Crippen molar-refractivity contribution in [1.29, 1.82) is 0 Å². The van der Waals surface area contributed by atoms with Crippen molar-refractivity contribution >= 4 is 46.4 Å². The zero-order chi connectivity index (χ0) is 30.2. The fourth-order valence-electron chi connectivity index (χ4n) is 4.25. The van der Waals surface area contributed by atoms with Crippen LogP contribution in [-0.2, 0) is 0 Å². The van der Waals surface area contributed by atoms with E-state index in [1.165, 1.54) is 6.07 Å². The maximum atomic E-state index is 13.1. The summed E-state index contributed by atoms with van der Waals surface area (Å²) in [6, 6.07) is 37.0. The van der Waals surface area contributed by atoms with Crippen LogP contribution in [0, 0.1) is 0 Å². The molecule has 0 radical (unpaired) electrons. The smallest absolute Gasteiger partial charge is 0.272 e. The Balaban J connectivity index is 1.23. The summed E-state index contributed by atoms with van der Waals surface area (Å²) in [7, 11) is 0. The normalized spacial score (nSPS) is 10.3. The third-order valence-electron chi connectivity index (χ3n) is 6.42. The molecule has 0 atom stereocenters. The van der Waals surface area contributed by atoms with E-state index in [0.29, 0.717) is 33.9 Å². The molecule has 0 unspecified atom stereocenters. The molecule has 9 nitrogen and oxygen atoms in total. The van der Waals surface area contributed by atoms with E-state index < -0.39 is 17.7 Å². The highest BCUT2D eigenvalue weighted by atomic mass is 16.2. The molecule has 212 valence electrons. The van der Waals surface area contributed by atoms with Crippen LogP contribution in [0.2, 0.25) is 0 Å². The van der Waals surface area contributed by atoms with Gasteiger partial charge in [-0.3, -0.25) is 19.2 Å². The van der Waals surface area contributed by atoms with E-state index in [2.05, 4.69) is 16.0 Å². The standard InChI is InChI=1S/C34H27N5O4/c35-39(34(43)24-12-5-2-6-13-24)30-19-9-18-29(22-30)38-33(42)26-15-7-14-25(20-26)32(41)37-28-17-8-16-27(21-28)36-31(40)23-10-3-1-4-11-23/h1-22H,35H2,(H,36,40)(H,37,41)(H,38,42). The van der Waals surface area contributed by atoms with Crippen LogP contribution in [0.5, 0.6) is 0 Å². The Labute approximate surface area is 247 Å². The SMILES string of the molecule is NN(C(=O)c1ccccc1)c1cccc(NC(=O)c2cccc(C(=O)Nc3cccc(NC(=O)c4ccccc4)c3)c2)c1. The first kappa shape index (κ1) is 28.5. The summed E-state index contributed by atoms with van der Waals surface area (Å²) in [5, 5.41) is 9.40. The molecule has 43 heavy (non-hydrogen) atoms. The molecule has 0 spiro atoms. The number of nitrogens with two attached hydrogens (primary N) is 1. The highest BCUT2D eigenvalue weighted by molar-refractivity contribution is 6.10. The van der Waals surface area contributed by atoms with E-state index in [1.807, 2.05) is 6.07 Å². The second-order valence-corrected chi connectivity index (χ2v) is 9.48. The first-order valence-corrected chi connectivity index (χ1v) is 13.3. The molecule has 9 heteroatoms. The summed E-state index contributed by atoms with van der Waals surface area (Å²) in [5.41, 5.74) is 3.26. The van der Waals surface area contributed by atoms with Crippen LogP contribution in [0.25, 0.3) is 0 Å². The Morgan fingerprint density at radius 3 is 1.42 bits per heavy atom. The van der Waals surface area contributed by atoms with Gasteiger partial charge < -0.3 is 16.0 Å². The third-order valence-corrected chi connectivity index (χ3v) is 6.42. The van der Waals surface area contributed by atoms with Crippen LogP contribution >= 0.6 is 0 Å². The number of anilines is 4. The number of hydrazine groups is 1. The number of hydrogen-bond donors (Lipinski definition) is 4. The zero-order valence-electron chi connectivity index (χ0n) is 22.9. The predicted molar refractivity (Wildman–Crippen MR) is 167 cm³/mol. The van der Waals surface area contributed by atoms with Gasteiger partial charge in [0.1, 0.15) is 0 Å². The first-order chi connectivity index (χ1) is 20.9. The molecule has 4 amide bonds. The largest absolute Gasteiger partial charge is 0.322 e. The molecule has 0 bridgehead atoms. The van der Waals surface area contributed by atoms with Gasteiger partial charge in [-0.25, -0.2) is 10.9 Å². The van der Waals surface area contributed by atoms with Crippen LogP contribution < -0.4 is 26.8 Å². The van der Waals surface area contributed by atoms with E-state index in [-0.39, 0.29) is 17.0 Å².